The number of fused-ring (bicyclic) bond motifs is 1. The zero-order chi connectivity index (χ0) is 16.1. The predicted octanol–water partition coefficient (Wildman–Crippen LogP) is 3.54. The quantitative estimate of drug-likeness (QED) is 0.472. The lowest BCUT2D eigenvalue weighted by atomic mass is 10.2. The highest BCUT2D eigenvalue weighted by Crippen LogP contribution is 2.38. The standard InChI is InChI=1S/C9H3F6NO3S2/c10-8(11,12)5-3-6(16-7-4(5)1-2-20-7)19-21(17,18)9(13,14)15/h1-3H. The maximum atomic E-state index is 12.8. The topological polar surface area (TPSA) is 56.3 Å². The van der Waals surface area contributed by atoms with Gasteiger partial charge in [-0.05, 0) is 11.4 Å². The summed E-state index contributed by atoms with van der Waals surface area (Å²) >= 11 is 0.698. The molecule has 0 saturated carbocycles. The van der Waals surface area contributed by atoms with Crippen molar-refractivity contribution in [3.05, 3.63) is 23.1 Å². The first-order chi connectivity index (χ1) is 9.42. The van der Waals surface area contributed by atoms with E-state index in [9.17, 15) is 34.8 Å². The van der Waals surface area contributed by atoms with E-state index in [1.807, 2.05) is 0 Å². The Kier molecular flexibility index (Phi) is 3.56. The molecule has 116 valence electrons. The third-order valence-corrected chi connectivity index (χ3v) is 3.96. The van der Waals surface area contributed by atoms with Crippen LogP contribution >= 0.6 is 11.3 Å². The van der Waals surface area contributed by atoms with Crippen LogP contribution in [0, 0.1) is 0 Å². The van der Waals surface area contributed by atoms with Gasteiger partial charge < -0.3 is 4.18 Å². The van der Waals surface area contributed by atoms with Gasteiger partial charge in [-0.1, -0.05) is 0 Å². The average molecular weight is 351 g/mol. The third kappa shape index (κ3) is 3.05. The molecule has 0 fully saturated rings. The van der Waals surface area contributed by atoms with Crippen molar-refractivity contribution >= 4 is 31.7 Å². The van der Waals surface area contributed by atoms with Crippen molar-refractivity contribution < 1.29 is 38.9 Å². The van der Waals surface area contributed by atoms with Gasteiger partial charge >= 0.3 is 21.8 Å². The first-order valence-electron chi connectivity index (χ1n) is 4.88. The Hall–Kier alpha value is -1.56. The molecule has 0 amide bonds. The number of halogens is 6. The van der Waals surface area contributed by atoms with E-state index in [2.05, 4.69) is 9.17 Å². The first-order valence-corrected chi connectivity index (χ1v) is 7.17. The fraction of sp³-hybridized carbons (Fsp3) is 0.222. The molecular weight excluding hydrogens is 348 g/mol. The fourth-order valence-electron chi connectivity index (χ4n) is 1.36. The van der Waals surface area contributed by atoms with Crippen molar-refractivity contribution in [2.45, 2.75) is 11.7 Å². The molecule has 2 aromatic rings. The van der Waals surface area contributed by atoms with Gasteiger partial charge in [0.1, 0.15) is 4.83 Å². The second-order valence-corrected chi connectivity index (χ2v) is 6.06. The molecule has 0 spiro atoms. The van der Waals surface area contributed by atoms with E-state index in [1.165, 1.54) is 5.38 Å². The second-order valence-electron chi connectivity index (χ2n) is 3.63. The molecule has 0 saturated heterocycles. The number of rotatable bonds is 2. The molecule has 2 rings (SSSR count). The average Bonchev–Trinajstić information content (AvgIpc) is 2.72. The molecule has 2 heterocycles. The lowest BCUT2D eigenvalue weighted by Gasteiger charge is -2.12. The zero-order valence-electron chi connectivity index (χ0n) is 9.49. The molecule has 0 atom stereocenters. The van der Waals surface area contributed by atoms with E-state index in [-0.39, 0.29) is 16.3 Å². The second kappa shape index (κ2) is 4.73. The van der Waals surface area contributed by atoms with Gasteiger partial charge in [0.05, 0.1) is 5.56 Å². The van der Waals surface area contributed by atoms with Crippen LogP contribution in [0.3, 0.4) is 0 Å². The van der Waals surface area contributed by atoms with E-state index in [4.69, 9.17) is 0 Å². The number of aromatic nitrogens is 1. The van der Waals surface area contributed by atoms with Crippen LogP contribution < -0.4 is 4.18 Å². The van der Waals surface area contributed by atoms with Crippen LogP contribution in [0.25, 0.3) is 10.2 Å². The van der Waals surface area contributed by atoms with Crippen LogP contribution in [-0.4, -0.2) is 18.9 Å². The van der Waals surface area contributed by atoms with Crippen molar-refractivity contribution in [2.75, 3.05) is 0 Å². The molecule has 0 aromatic carbocycles. The smallest absolute Gasteiger partial charge is 0.355 e. The minimum absolute atomic E-state index is 0.109. The predicted molar refractivity (Wildman–Crippen MR) is 60.2 cm³/mol. The summed E-state index contributed by atoms with van der Waals surface area (Å²) in [5.74, 6) is -1.30. The molecule has 0 aliphatic carbocycles. The van der Waals surface area contributed by atoms with Gasteiger partial charge in [-0.2, -0.15) is 34.8 Å². The van der Waals surface area contributed by atoms with E-state index in [0.717, 1.165) is 6.07 Å². The lowest BCUT2D eigenvalue weighted by molar-refractivity contribution is -0.136. The van der Waals surface area contributed by atoms with Crippen molar-refractivity contribution in [3.63, 3.8) is 0 Å². The molecule has 2 aromatic heterocycles. The summed E-state index contributed by atoms with van der Waals surface area (Å²) in [6.45, 7) is 0. The molecule has 0 radical (unpaired) electrons. The van der Waals surface area contributed by atoms with Crippen molar-refractivity contribution in [1.82, 2.24) is 4.98 Å². The summed E-state index contributed by atoms with van der Waals surface area (Å²) in [4.78, 5) is 3.03. The molecule has 0 N–H and O–H groups in total. The number of alkyl halides is 6. The SMILES string of the molecule is O=S(=O)(Oc1cc(C(F)(F)F)c2ccsc2n1)C(F)(F)F. The Morgan fingerprint density at radius 1 is 1.14 bits per heavy atom. The third-order valence-electron chi connectivity index (χ3n) is 2.20. The van der Waals surface area contributed by atoms with Crippen LogP contribution in [0.1, 0.15) is 5.56 Å². The monoisotopic (exact) mass is 351 g/mol. The zero-order valence-corrected chi connectivity index (χ0v) is 11.1. The molecular formula is C9H3F6NO3S2. The Balaban J connectivity index is 2.57. The Labute approximate surface area is 117 Å². The Morgan fingerprint density at radius 3 is 2.29 bits per heavy atom. The summed E-state index contributed by atoms with van der Waals surface area (Å²) in [6.07, 6.45) is -4.90. The van der Waals surface area contributed by atoms with Crippen LogP contribution in [0.2, 0.25) is 0 Å². The Morgan fingerprint density at radius 2 is 1.76 bits per heavy atom. The molecule has 21 heavy (non-hydrogen) atoms. The van der Waals surface area contributed by atoms with Gasteiger partial charge in [0, 0.05) is 11.5 Å². The molecule has 0 aliphatic heterocycles. The van der Waals surface area contributed by atoms with E-state index < -0.39 is 33.2 Å². The minimum atomic E-state index is -6.09. The molecule has 0 aliphatic rings. The highest BCUT2D eigenvalue weighted by molar-refractivity contribution is 7.87. The van der Waals surface area contributed by atoms with Gasteiger partial charge in [0.2, 0.25) is 5.88 Å². The summed E-state index contributed by atoms with van der Waals surface area (Å²) in [5.41, 5.74) is -7.10. The number of nitrogens with zero attached hydrogens (tertiary/aromatic N) is 1. The minimum Gasteiger partial charge on any atom is -0.355 e. The van der Waals surface area contributed by atoms with Crippen LogP contribution in [0.15, 0.2) is 17.5 Å². The van der Waals surface area contributed by atoms with Gasteiger partial charge in [-0.15, -0.1) is 11.3 Å². The van der Waals surface area contributed by atoms with Gasteiger partial charge in [0.15, 0.2) is 0 Å². The number of thiophene rings is 1. The molecule has 0 unspecified atom stereocenters. The van der Waals surface area contributed by atoms with Crippen molar-refractivity contribution in [1.29, 1.82) is 0 Å². The van der Waals surface area contributed by atoms with Gasteiger partial charge in [-0.25, -0.2) is 4.98 Å². The van der Waals surface area contributed by atoms with Crippen molar-refractivity contribution in [3.8, 4) is 5.88 Å². The first kappa shape index (κ1) is 15.8. The molecule has 0 bridgehead atoms. The van der Waals surface area contributed by atoms with E-state index in [0.29, 0.717) is 11.3 Å². The maximum absolute atomic E-state index is 12.8. The fourth-order valence-corrected chi connectivity index (χ4v) is 2.55. The van der Waals surface area contributed by atoms with Gasteiger partial charge in [0.25, 0.3) is 0 Å². The Bertz CT molecular complexity index is 777. The van der Waals surface area contributed by atoms with E-state index in [1.54, 1.807) is 0 Å². The van der Waals surface area contributed by atoms with E-state index >= 15 is 0 Å². The van der Waals surface area contributed by atoms with Crippen molar-refractivity contribution in [2.24, 2.45) is 0 Å². The highest BCUT2D eigenvalue weighted by atomic mass is 32.2. The molecule has 12 heteroatoms. The lowest BCUT2D eigenvalue weighted by Crippen LogP contribution is -2.28. The van der Waals surface area contributed by atoms with Crippen LogP contribution in [0.4, 0.5) is 26.3 Å². The number of hydrogen-bond donors (Lipinski definition) is 0. The van der Waals surface area contributed by atoms with Crippen LogP contribution in [0.5, 0.6) is 5.88 Å². The number of hydrogen-bond acceptors (Lipinski definition) is 5. The summed E-state index contributed by atoms with van der Waals surface area (Å²) in [5, 5.41) is 0.874. The maximum Gasteiger partial charge on any atom is 0.534 e. The summed E-state index contributed by atoms with van der Waals surface area (Å²) in [6, 6.07) is 1.18. The largest absolute Gasteiger partial charge is 0.534 e. The summed E-state index contributed by atoms with van der Waals surface area (Å²) < 4.78 is 100. The van der Waals surface area contributed by atoms with Gasteiger partial charge in [-0.3, -0.25) is 0 Å². The highest BCUT2D eigenvalue weighted by Gasteiger charge is 2.49. The summed E-state index contributed by atoms with van der Waals surface area (Å²) in [7, 11) is -6.09. The van der Waals surface area contributed by atoms with Crippen LogP contribution in [-0.2, 0) is 16.3 Å². The normalized spacial score (nSPS) is 13.6. The number of pyridine rings is 1. The molecule has 4 nitrogen and oxygen atoms in total.